The lowest BCUT2D eigenvalue weighted by atomic mass is 10.2. The van der Waals surface area contributed by atoms with Crippen molar-refractivity contribution >= 4 is 10.9 Å². The first-order valence-electron chi connectivity index (χ1n) is 3.99. The molecule has 1 aliphatic heterocycles. The van der Waals surface area contributed by atoms with Gasteiger partial charge in [0.25, 0.3) is 12.2 Å². The van der Waals surface area contributed by atoms with E-state index in [0.29, 0.717) is 6.73 Å². The lowest BCUT2D eigenvalue weighted by Crippen LogP contribution is -3.00. The molecule has 3 heteroatoms. The Morgan fingerprint density at radius 2 is 2.00 bits per heavy atom. The van der Waals surface area contributed by atoms with Crippen molar-refractivity contribution in [3.63, 3.8) is 0 Å². The summed E-state index contributed by atoms with van der Waals surface area (Å²) in [5, 5.41) is 1.24. The lowest BCUT2D eigenvalue weighted by Gasteiger charge is -1.90. The number of halogens is 1. The summed E-state index contributed by atoms with van der Waals surface area (Å²) in [6.45, 7) is 0.649. The van der Waals surface area contributed by atoms with Crippen LogP contribution in [0.15, 0.2) is 36.5 Å². The Balaban J connectivity index is 0.000000653. The van der Waals surface area contributed by atoms with Crippen LogP contribution < -0.4 is 33.3 Å². The second-order valence-electron chi connectivity index (χ2n) is 2.95. The fourth-order valence-corrected chi connectivity index (χ4v) is 1.67. The summed E-state index contributed by atoms with van der Waals surface area (Å²) in [6, 6.07) is 10.3. The molecular formula is C10H8INO. The predicted octanol–water partition coefficient (Wildman–Crippen LogP) is -1.52. The third kappa shape index (κ3) is 1.18. The molecule has 13 heavy (non-hydrogen) atoms. The number of rotatable bonds is 0. The first-order chi connectivity index (χ1) is 5.95. The van der Waals surface area contributed by atoms with Gasteiger partial charge in [0.05, 0.1) is 5.39 Å². The Bertz CT molecular complexity index is 417. The summed E-state index contributed by atoms with van der Waals surface area (Å²) in [7, 11) is 0. The van der Waals surface area contributed by atoms with Crippen molar-refractivity contribution in [3.05, 3.63) is 36.5 Å². The zero-order valence-electron chi connectivity index (χ0n) is 6.90. The molecule has 0 N–H and O–H groups in total. The molecule has 0 spiro atoms. The molecule has 0 unspecified atom stereocenters. The van der Waals surface area contributed by atoms with Crippen LogP contribution in [0.4, 0.5) is 0 Å². The SMILES string of the molecule is [I-].c1cc2c3c(c1)ccc[n+]3CO2. The molecule has 0 bridgehead atoms. The maximum absolute atomic E-state index is 5.48. The van der Waals surface area contributed by atoms with Crippen molar-refractivity contribution in [3.8, 4) is 5.75 Å². The molecule has 3 rings (SSSR count). The summed E-state index contributed by atoms with van der Waals surface area (Å²) < 4.78 is 7.59. The van der Waals surface area contributed by atoms with Crippen LogP contribution in [-0.4, -0.2) is 0 Å². The molecule has 0 aliphatic carbocycles. The van der Waals surface area contributed by atoms with E-state index in [2.05, 4.69) is 16.7 Å². The van der Waals surface area contributed by atoms with E-state index in [0.717, 1.165) is 5.75 Å². The predicted molar refractivity (Wildman–Crippen MR) is 44.8 cm³/mol. The minimum Gasteiger partial charge on any atom is -1.00 e. The molecule has 0 saturated carbocycles. The van der Waals surface area contributed by atoms with Crippen LogP contribution in [0.5, 0.6) is 5.75 Å². The summed E-state index contributed by atoms with van der Waals surface area (Å²) >= 11 is 0. The van der Waals surface area contributed by atoms with Gasteiger partial charge in [-0.3, -0.25) is 0 Å². The monoisotopic (exact) mass is 285 g/mol. The van der Waals surface area contributed by atoms with Gasteiger partial charge in [-0.25, -0.2) is 0 Å². The average Bonchev–Trinajstić information content (AvgIpc) is 2.52. The van der Waals surface area contributed by atoms with Crippen LogP contribution in [0.1, 0.15) is 0 Å². The summed E-state index contributed by atoms with van der Waals surface area (Å²) in [5.74, 6) is 0.994. The maximum Gasteiger partial charge on any atom is 0.293 e. The number of aromatic nitrogens is 1. The van der Waals surface area contributed by atoms with Gasteiger partial charge < -0.3 is 28.7 Å². The highest BCUT2D eigenvalue weighted by atomic mass is 127. The fourth-order valence-electron chi connectivity index (χ4n) is 1.67. The molecule has 0 fully saturated rings. The normalized spacial score (nSPS) is 12.3. The van der Waals surface area contributed by atoms with Gasteiger partial charge in [0.15, 0.2) is 11.9 Å². The Kier molecular flexibility index (Phi) is 2.11. The first-order valence-corrected chi connectivity index (χ1v) is 3.99. The molecule has 66 valence electrons. The largest absolute Gasteiger partial charge is 1.00 e. The van der Waals surface area contributed by atoms with Crippen LogP contribution >= 0.6 is 0 Å². The summed E-state index contributed by atoms with van der Waals surface area (Å²) in [4.78, 5) is 0. The third-order valence-electron chi connectivity index (χ3n) is 2.22. The molecule has 1 aliphatic rings. The highest BCUT2D eigenvalue weighted by Gasteiger charge is 2.20. The van der Waals surface area contributed by atoms with Crippen molar-refractivity contribution in [2.45, 2.75) is 6.73 Å². The van der Waals surface area contributed by atoms with Gasteiger partial charge in [-0.1, -0.05) is 6.07 Å². The molecule has 2 heterocycles. The van der Waals surface area contributed by atoms with Gasteiger partial charge in [0.1, 0.15) is 0 Å². The van der Waals surface area contributed by atoms with Crippen LogP contribution in [-0.2, 0) is 6.73 Å². The van der Waals surface area contributed by atoms with E-state index in [1.165, 1.54) is 10.9 Å². The Morgan fingerprint density at radius 1 is 1.15 bits per heavy atom. The first kappa shape index (κ1) is 8.74. The Hall–Kier alpha value is -0.840. The number of benzene rings is 1. The van der Waals surface area contributed by atoms with Crippen LogP contribution in [0.2, 0.25) is 0 Å². The average molecular weight is 285 g/mol. The van der Waals surface area contributed by atoms with E-state index in [9.17, 15) is 0 Å². The summed E-state index contributed by atoms with van der Waals surface area (Å²) in [5.41, 5.74) is 1.21. The molecule has 0 radical (unpaired) electrons. The molecule has 2 nitrogen and oxygen atoms in total. The number of ether oxygens (including phenoxy) is 1. The Labute approximate surface area is 93.2 Å². The van der Waals surface area contributed by atoms with Gasteiger partial charge in [0, 0.05) is 6.07 Å². The van der Waals surface area contributed by atoms with Crippen LogP contribution in [0.3, 0.4) is 0 Å². The quantitative estimate of drug-likeness (QED) is 0.423. The van der Waals surface area contributed by atoms with Crippen LogP contribution in [0.25, 0.3) is 10.9 Å². The van der Waals surface area contributed by atoms with E-state index in [1.807, 2.05) is 24.4 Å². The standard InChI is InChI=1S/C10H8NO.HI/c1-3-8-4-2-6-11-7-12-9(5-1)10(8)11;/h1-6H,7H2;1H/q+1;/p-1. The van der Waals surface area contributed by atoms with E-state index in [4.69, 9.17) is 4.74 Å². The number of para-hydroxylation sites is 1. The number of hydrogen-bond acceptors (Lipinski definition) is 1. The molecule has 1 aromatic carbocycles. The topological polar surface area (TPSA) is 13.1 Å². The Morgan fingerprint density at radius 3 is 2.92 bits per heavy atom. The minimum absolute atomic E-state index is 0. The molecule has 1 aromatic heterocycles. The number of pyridine rings is 1. The van der Waals surface area contributed by atoms with Gasteiger partial charge in [-0.05, 0) is 18.2 Å². The van der Waals surface area contributed by atoms with E-state index < -0.39 is 0 Å². The second-order valence-corrected chi connectivity index (χ2v) is 2.95. The highest BCUT2D eigenvalue weighted by molar-refractivity contribution is 5.81. The van der Waals surface area contributed by atoms with E-state index in [1.54, 1.807) is 0 Å². The fraction of sp³-hybridized carbons (Fsp3) is 0.100. The minimum atomic E-state index is 0. The molecule has 2 aromatic rings. The second kappa shape index (κ2) is 3.14. The summed E-state index contributed by atoms with van der Waals surface area (Å²) in [6.07, 6.45) is 2.04. The number of hydrogen-bond donors (Lipinski definition) is 0. The van der Waals surface area contributed by atoms with Gasteiger partial charge in [0.2, 0.25) is 0 Å². The van der Waals surface area contributed by atoms with Crippen molar-refractivity contribution in [2.75, 3.05) is 0 Å². The van der Waals surface area contributed by atoms with Gasteiger partial charge in [-0.2, -0.15) is 4.57 Å². The molecule has 0 saturated heterocycles. The smallest absolute Gasteiger partial charge is 0.293 e. The molecule has 0 amide bonds. The van der Waals surface area contributed by atoms with E-state index in [-0.39, 0.29) is 24.0 Å². The zero-order chi connectivity index (χ0) is 7.97. The molecule has 0 atom stereocenters. The van der Waals surface area contributed by atoms with Gasteiger partial charge in [-0.15, -0.1) is 0 Å². The third-order valence-corrected chi connectivity index (χ3v) is 2.22. The van der Waals surface area contributed by atoms with Gasteiger partial charge >= 0.3 is 0 Å². The lowest BCUT2D eigenvalue weighted by molar-refractivity contribution is -0.688. The van der Waals surface area contributed by atoms with Crippen molar-refractivity contribution in [1.82, 2.24) is 0 Å². The maximum atomic E-state index is 5.48. The molecular weight excluding hydrogens is 277 g/mol. The van der Waals surface area contributed by atoms with Crippen molar-refractivity contribution < 1.29 is 33.3 Å². The van der Waals surface area contributed by atoms with Crippen molar-refractivity contribution in [2.24, 2.45) is 0 Å². The zero-order valence-corrected chi connectivity index (χ0v) is 9.06. The van der Waals surface area contributed by atoms with Crippen molar-refractivity contribution in [1.29, 1.82) is 0 Å². The highest BCUT2D eigenvalue weighted by Crippen LogP contribution is 2.24. The van der Waals surface area contributed by atoms with E-state index >= 15 is 0 Å². The van der Waals surface area contributed by atoms with Crippen LogP contribution in [0, 0.1) is 0 Å². The number of nitrogens with zero attached hydrogens (tertiary/aromatic N) is 1.